The van der Waals surface area contributed by atoms with Crippen LogP contribution in [0.3, 0.4) is 0 Å². The van der Waals surface area contributed by atoms with Crippen molar-refractivity contribution < 1.29 is 18.7 Å². The number of benzene rings is 1. The second kappa shape index (κ2) is 9.34. The minimum absolute atomic E-state index is 0.160. The Kier molecular flexibility index (Phi) is 7.16. The summed E-state index contributed by atoms with van der Waals surface area (Å²) in [6.07, 6.45) is 1.98. The van der Waals surface area contributed by atoms with E-state index >= 15 is 0 Å². The third-order valence-corrected chi connectivity index (χ3v) is 3.79. The molecular formula is C17H18Cl2N2O4. The number of carbonyl (C=O) groups is 2. The maximum Gasteiger partial charge on any atom is 0.287 e. The number of furan rings is 1. The van der Waals surface area contributed by atoms with Crippen LogP contribution in [0.1, 0.15) is 23.9 Å². The molecule has 1 aromatic heterocycles. The molecule has 0 aliphatic carbocycles. The van der Waals surface area contributed by atoms with Crippen molar-refractivity contribution in [1.29, 1.82) is 0 Å². The summed E-state index contributed by atoms with van der Waals surface area (Å²) in [7, 11) is 0. The number of carbonyl (C=O) groups excluding carboxylic acids is 2. The maximum absolute atomic E-state index is 11.9. The Morgan fingerprint density at radius 3 is 2.76 bits per heavy atom. The van der Waals surface area contributed by atoms with Crippen molar-refractivity contribution in [3.63, 3.8) is 0 Å². The summed E-state index contributed by atoms with van der Waals surface area (Å²) in [5.74, 6) is -0.0258. The van der Waals surface area contributed by atoms with E-state index in [4.69, 9.17) is 32.4 Å². The van der Waals surface area contributed by atoms with Crippen LogP contribution in [0.2, 0.25) is 10.0 Å². The van der Waals surface area contributed by atoms with E-state index < -0.39 is 11.9 Å². The molecule has 2 aromatic rings. The molecule has 0 spiro atoms. The molecule has 0 aliphatic heterocycles. The van der Waals surface area contributed by atoms with Crippen molar-refractivity contribution in [3.8, 4) is 5.75 Å². The SMILES string of the molecule is CC(NC(=O)c1ccco1)C(=O)NCCCOc1ccc(Cl)cc1Cl. The van der Waals surface area contributed by atoms with E-state index in [0.29, 0.717) is 35.4 Å². The van der Waals surface area contributed by atoms with Crippen molar-refractivity contribution in [2.75, 3.05) is 13.2 Å². The zero-order chi connectivity index (χ0) is 18.2. The molecule has 2 N–H and O–H groups in total. The fourth-order valence-corrected chi connectivity index (χ4v) is 2.42. The minimum Gasteiger partial charge on any atom is -0.492 e. The molecule has 0 fully saturated rings. The van der Waals surface area contributed by atoms with Gasteiger partial charge in [0, 0.05) is 11.6 Å². The third-order valence-electron chi connectivity index (χ3n) is 3.26. The van der Waals surface area contributed by atoms with Crippen LogP contribution < -0.4 is 15.4 Å². The van der Waals surface area contributed by atoms with Gasteiger partial charge in [-0.15, -0.1) is 0 Å². The maximum atomic E-state index is 11.9. The molecule has 0 bridgehead atoms. The summed E-state index contributed by atoms with van der Waals surface area (Å²) in [5.41, 5.74) is 0. The van der Waals surface area contributed by atoms with E-state index in [1.54, 1.807) is 31.2 Å². The average molecular weight is 385 g/mol. The normalized spacial score (nSPS) is 11.6. The van der Waals surface area contributed by atoms with E-state index in [1.807, 2.05) is 0 Å². The molecular weight excluding hydrogens is 367 g/mol. The Hall–Kier alpha value is -2.18. The molecule has 0 saturated heterocycles. The molecule has 1 aromatic carbocycles. The summed E-state index contributed by atoms with van der Waals surface area (Å²) in [6, 6.07) is 7.43. The van der Waals surface area contributed by atoms with E-state index in [1.165, 1.54) is 12.3 Å². The van der Waals surface area contributed by atoms with E-state index in [0.717, 1.165) is 0 Å². The van der Waals surface area contributed by atoms with Crippen molar-refractivity contribution in [2.45, 2.75) is 19.4 Å². The van der Waals surface area contributed by atoms with Gasteiger partial charge >= 0.3 is 0 Å². The van der Waals surface area contributed by atoms with Gasteiger partial charge in [0.15, 0.2) is 5.76 Å². The second-order valence-corrected chi connectivity index (χ2v) is 6.08. The first kappa shape index (κ1) is 19.1. The van der Waals surface area contributed by atoms with Gasteiger partial charge < -0.3 is 19.8 Å². The van der Waals surface area contributed by atoms with Gasteiger partial charge in [0.25, 0.3) is 5.91 Å². The van der Waals surface area contributed by atoms with Gasteiger partial charge in [-0.3, -0.25) is 9.59 Å². The number of hydrogen-bond acceptors (Lipinski definition) is 4. The first-order valence-corrected chi connectivity index (χ1v) is 8.43. The van der Waals surface area contributed by atoms with Crippen LogP contribution in [0.4, 0.5) is 0 Å². The molecule has 134 valence electrons. The standard InChI is InChI=1S/C17H18Cl2N2O4/c1-11(21-17(23)15-4-2-8-25-15)16(22)20-7-3-9-24-14-6-5-12(18)10-13(14)19/h2,4-6,8,10-11H,3,7,9H2,1H3,(H,20,22)(H,21,23). The predicted octanol–water partition coefficient (Wildman–Crippen LogP) is 3.29. The summed E-state index contributed by atoms with van der Waals surface area (Å²) >= 11 is 11.8. The first-order valence-electron chi connectivity index (χ1n) is 7.67. The number of ether oxygens (including phenoxy) is 1. The molecule has 0 radical (unpaired) electrons. The molecule has 2 amide bonds. The molecule has 0 aliphatic rings. The van der Waals surface area contributed by atoms with Crippen LogP contribution in [-0.4, -0.2) is 31.0 Å². The third kappa shape index (κ3) is 5.99. The summed E-state index contributed by atoms with van der Waals surface area (Å²) < 4.78 is 10.5. The van der Waals surface area contributed by atoms with Gasteiger partial charge in [0.05, 0.1) is 17.9 Å². The van der Waals surface area contributed by atoms with E-state index in [2.05, 4.69) is 10.6 Å². The topological polar surface area (TPSA) is 80.6 Å². The molecule has 8 heteroatoms. The van der Waals surface area contributed by atoms with E-state index in [-0.39, 0.29) is 11.7 Å². The Morgan fingerprint density at radius 2 is 2.08 bits per heavy atom. The Balaban J connectivity index is 1.65. The van der Waals surface area contributed by atoms with Crippen LogP contribution in [0.5, 0.6) is 5.75 Å². The quantitative estimate of drug-likeness (QED) is 0.684. The molecule has 6 nitrogen and oxygen atoms in total. The monoisotopic (exact) mass is 384 g/mol. The van der Waals surface area contributed by atoms with E-state index in [9.17, 15) is 9.59 Å². The van der Waals surface area contributed by atoms with Crippen LogP contribution in [0.25, 0.3) is 0 Å². The molecule has 0 saturated carbocycles. The number of halogens is 2. The fourth-order valence-electron chi connectivity index (χ4n) is 1.95. The van der Waals surface area contributed by atoms with Gasteiger partial charge in [-0.1, -0.05) is 23.2 Å². The highest BCUT2D eigenvalue weighted by Crippen LogP contribution is 2.27. The molecule has 25 heavy (non-hydrogen) atoms. The molecule has 1 unspecified atom stereocenters. The zero-order valence-electron chi connectivity index (χ0n) is 13.6. The number of rotatable bonds is 8. The number of nitrogens with one attached hydrogen (secondary N) is 2. The number of hydrogen-bond donors (Lipinski definition) is 2. The Labute approximate surface area is 155 Å². The van der Waals surface area contributed by atoms with Gasteiger partial charge in [0.1, 0.15) is 11.8 Å². The highest BCUT2D eigenvalue weighted by atomic mass is 35.5. The number of amides is 2. The van der Waals surface area contributed by atoms with Crippen molar-refractivity contribution >= 4 is 35.0 Å². The van der Waals surface area contributed by atoms with Crippen LogP contribution in [0.15, 0.2) is 41.0 Å². The summed E-state index contributed by atoms with van der Waals surface area (Å²) in [6.45, 7) is 2.39. The van der Waals surface area contributed by atoms with Crippen LogP contribution >= 0.6 is 23.2 Å². The summed E-state index contributed by atoms with van der Waals surface area (Å²) in [4.78, 5) is 23.7. The predicted molar refractivity (Wildman–Crippen MR) is 95.2 cm³/mol. The summed E-state index contributed by atoms with van der Waals surface area (Å²) in [5, 5.41) is 6.25. The lowest BCUT2D eigenvalue weighted by molar-refractivity contribution is -0.122. The lowest BCUT2D eigenvalue weighted by atomic mass is 10.3. The van der Waals surface area contributed by atoms with Crippen molar-refractivity contribution in [1.82, 2.24) is 10.6 Å². The second-order valence-electron chi connectivity index (χ2n) is 5.24. The highest BCUT2D eigenvalue weighted by Gasteiger charge is 2.17. The van der Waals surface area contributed by atoms with Gasteiger partial charge in [-0.25, -0.2) is 0 Å². The van der Waals surface area contributed by atoms with Crippen molar-refractivity contribution in [3.05, 3.63) is 52.4 Å². The van der Waals surface area contributed by atoms with Gasteiger partial charge in [-0.2, -0.15) is 0 Å². The average Bonchev–Trinajstić information content (AvgIpc) is 3.10. The largest absolute Gasteiger partial charge is 0.492 e. The lowest BCUT2D eigenvalue weighted by Gasteiger charge is -2.13. The van der Waals surface area contributed by atoms with Gasteiger partial charge in [-0.05, 0) is 43.7 Å². The van der Waals surface area contributed by atoms with Crippen LogP contribution in [0, 0.1) is 0 Å². The zero-order valence-corrected chi connectivity index (χ0v) is 15.1. The fraction of sp³-hybridized carbons (Fsp3) is 0.294. The van der Waals surface area contributed by atoms with Gasteiger partial charge in [0.2, 0.25) is 5.91 Å². The van der Waals surface area contributed by atoms with Crippen molar-refractivity contribution in [2.24, 2.45) is 0 Å². The molecule has 2 rings (SSSR count). The lowest BCUT2D eigenvalue weighted by Crippen LogP contribution is -2.45. The van der Waals surface area contributed by atoms with Crippen LogP contribution in [-0.2, 0) is 4.79 Å². The first-order chi connectivity index (χ1) is 12.0. The Bertz CT molecular complexity index is 719. The molecule has 1 heterocycles. The smallest absolute Gasteiger partial charge is 0.287 e. The molecule has 1 atom stereocenters. The Morgan fingerprint density at radius 1 is 1.28 bits per heavy atom. The minimum atomic E-state index is -0.677. The highest BCUT2D eigenvalue weighted by molar-refractivity contribution is 6.35.